The number of aromatic nitrogens is 2. The zero-order valence-corrected chi connectivity index (χ0v) is 14.9. The van der Waals surface area contributed by atoms with Crippen LogP contribution in [0.4, 0.5) is 0 Å². The molecule has 1 N–H and O–H groups in total. The average Bonchev–Trinajstić information content (AvgIpc) is 2.64. The van der Waals surface area contributed by atoms with Gasteiger partial charge in [0.2, 0.25) is 0 Å². The van der Waals surface area contributed by atoms with E-state index in [2.05, 4.69) is 0 Å². The molecule has 0 amide bonds. The Morgan fingerprint density at radius 2 is 1.77 bits per heavy atom. The number of aryl methyl sites for hydroxylation is 1. The molecule has 0 bridgehead atoms. The van der Waals surface area contributed by atoms with E-state index in [1.165, 1.54) is 11.6 Å². The number of carbonyl (C=O) groups is 1. The predicted molar refractivity (Wildman–Crippen MR) is 94.0 cm³/mol. The minimum Gasteiger partial charge on any atom is -0.486 e. The maximum Gasteiger partial charge on any atom is 0.330 e. The van der Waals surface area contributed by atoms with E-state index in [9.17, 15) is 14.4 Å². The van der Waals surface area contributed by atoms with Crippen LogP contribution in [-0.2, 0) is 25.3 Å². The SMILES string of the molecule is Cc1c(-c2ccc(CCC(=O)O)c3c2OCCO3)c(=O)n(C)c(=O)n1C. The van der Waals surface area contributed by atoms with E-state index in [1.54, 1.807) is 26.1 Å². The molecule has 2 aromatic rings. The lowest BCUT2D eigenvalue weighted by molar-refractivity contribution is -0.136. The Hall–Kier alpha value is -3.03. The molecule has 0 spiro atoms. The van der Waals surface area contributed by atoms with Gasteiger partial charge in [0.25, 0.3) is 5.56 Å². The summed E-state index contributed by atoms with van der Waals surface area (Å²) in [7, 11) is 3.03. The molecular formula is C18H20N2O6. The molecule has 8 nitrogen and oxygen atoms in total. The van der Waals surface area contributed by atoms with Gasteiger partial charge in [-0.1, -0.05) is 6.07 Å². The van der Waals surface area contributed by atoms with E-state index < -0.39 is 17.2 Å². The number of hydrogen-bond acceptors (Lipinski definition) is 5. The predicted octanol–water partition coefficient (Wildman–Crippen LogP) is 0.848. The highest BCUT2D eigenvalue weighted by Gasteiger charge is 2.25. The largest absolute Gasteiger partial charge is 0.486 e. The Kier molecular flexibility index (Phi) is 4.58. The Labute approximate surface area is 149 Å². The van der Waals surface area contributed by atoms with E-state index in [1.807, 2.05) is 0 Å². The normalized spacial score (nSPS) is 12.9. The van der Waals surface area contributed by atoms with Gasteiger partial charge in [0.15, 0.2) is 11.5 Å². The van der Waals surface area contributed by atoms with Crippen LogP contribution in [0.5, 0.6) is 11.5 Å². The highest BCUT2D eigenvalue weighted by atomic mass is 16.6. The van der Waals surface area contributed by atoms with Crippen molar-refractivity contribution in [1.82, 2.24) is 9.13 Å². The molecule has 0 saturated carbocycles. The van der Waals surface area contributed by atoms with Crippen molar-refractivity contribution in [2.24, 2.45) is 14.1 Å². The number of aliphatic carboxylic acids is 1. The van der Waals surface area contributed by atoms with Crippen LogP contribution in [0.3, 0.4) is 0 Å². The summed E-state index contributed by atoms with van der Waals surface area (Å²) >= 11 is 0. The second kappa shape index (κ2) is 6.70. The summed E-state index contributed by atoms with van der Waals surface area (Å²) in [5, 5.41) is 8.92. The molecule has 1 aromatic carbocycles. The lowest BCUT2D eigenvalue weighted by Gasteiger charge is -2.24. The minimum absolute atomic E-state index is 0.0320. The minimum atomic E-state index is -0.901. The Morgan fingerprint density at radius 1 is 1.12 bits per heavy atom. The Bertz CT molecular complexity index is 1000. The molecule has 3 rings (SSSR count). The van der Waals surface area contributed by atoms with Gasteiger partial charge in [-0.15, -0.1) is 0 Å². The molecule has 1 aromatic heterocycles. The molecule has 0 saturated heterocycles. The molecule has 0 atom stereocenters. The van der Waals surface area contributed by atoms with Crippen LogP contribution in [0, 0.1) is 6.92 Å². The first-order chi connectivity index (χ1) is 12.3. The Balaban J connectivity index is 2.24. The third-order valence-electron chi connectivity index (χ3n) is 4.60. The number of ether oxygens (including phenoxy) is 2. The van der Waals surface area contributed by atoms with Gasteiger partial charge in [-0.05, 0) is 25.0 Å². The van der Waals surface area contributed by atoms with Crippen molar-refractivity contribution < 1.29 is 19.4 Å². The quantitative estimate of drug-likeness (QED) is 0.868. The first-order valence-electron chi connectivity index (χ1n) is 8.23. The second-order valence-corrected chi connectivity index (χ2v) is 6.19. The molecule has 0 radical (unpaired) electrons. The maximum absolute atomic E-state index is 12.7. The van der Waals surface area contributed by atoms with E-state index in [-0.39, 0.29) is 6.42 Å². The van der Waals surface area contributed by atoms with Crippen LogP contribution < -0.4 is 20.7 Å². The molecule has 138 valence electrons. The van der Waals surface area contributed by atoms with Crippen molar-refractivity contribution in [3.63, 3.8) is 0 Å². The van der Waals surface area contributed by atoms with Crippen molar-refractivity contribution in [3.05, 3.63) is 44.2 Å². The number of rotatable bonds is 4. The van der Waals surface area contributed by atoms with Gasteiger partial charge < -0.3 is 19.1 Å². The summed E-state index contributed by atoms with van der Waals surface area (Å²) in [6.45, 7) is 2.38. The summed E-state index contributed by atoms with van der Waals surface area (Å²) in [6, 6.07) is 3.47. The van der Waals surface area contributed by atoms with Crippen LogP contribution in [0.15, 0.2) is 21.7 Å². The molecule has 26 heavy (non-hydrogen) atoms. The number of fused-ring (bicyclic) bond motifs is 1. The Morgan fingerprint density at radius 3 is 2.42 bits per heavy atom. The fraction of sp³-hybridized carbons (Fsp3) is 0.389. The molecule has 0 unspecified atom stereocenters. The highest BCUT2D eigenvalue weighted by Crippen LogP contribution is 2.42. The van der Waals surface area contributed by atoms with Crippen molar-refractivity contribution in [3.8, 4) is 22.6 Å². The average molecular weight is 360 g/mol. The molecule has 0 aliphatic carbocycles. The molecule has 1 aliphatic heterocycles. The zero-order chi connectivity index (χ0) is 19.0. The van der Waals surface area contributed by atoms with Crippen LogP contribution in [0.1, 0.15) is 17.7 Å². The van der Waals surface area contributed by atoms with E-state index in [4.69, 9.17) is 14.6 Å². The maximum atomic E-state index is 12.7. The standard InChI is InChI=1S/C18H20N2O6/c1-10-14(17(23)20(3)18(24)19(10)2)12-6-4-11(5-7-13(21)22)15-16(12)26-9-8-25-15/h4,6H,5,7-9H2,1-3H3,(H,21,22). The number of carboxylic acids is 1. The highest BCUT2D eigenvalue weighted by molar-refractivity contribution is 5.77. The van der Waals surface area contributed by atoms with E-state index in [0.717, 1.165) is 4.57 Å². The van der Waals surface area contributed by atoms with Gasteiger partial charge in [0.05, 0.1) is 5.56 Å². The second-order valence-electron chi connectivity index (χ2n) is 6.19. The van der Waals surface area contributed by atoms with Crippen LogP contribution in [-0.4, -0.2) is 33.4 Å². The topological polar surface area (TPSA) is 99.8 Å². The molecule has 1 aliphatic rings. The fourth-order valence-corrected chi connectivity index (χ4v) is 3.08. The number of benzene rings is 1. The van der Waals surface area contributed by atoms with Crippen molar-refractivity contribution >= 4 is 5.97 Å². The number of nitrogens with zero attached hydrogens (tertiary/aromatic N) is 2. The van der Waals surface area contributed by atoms with Gasteiger partial charge in [-0.3, -0.25) is 14.2 Å². The van der Waals surface area contributed by atoms with Crippen molar-refractivity contribution in [1.29, 1.82) is 0 Å². The first kappa shape index (κ1) is 17.8. The first-order valence-corrected chi connectivity index (χ1v) is 8.23. The van der Waals surface area contributed by atoms with Gasteiger partial charge in [-0.25, -0.2) is 4.79 Å². The number of hydrogen-bond donors (Lipinski definition) is 1. The monoisotopic (exact) mass is 360 g/mol. The summed E-state index contributed by atoms with van der Waals surface area (Å²) in [5.74, 6) is -0.0226. The summed E-state index contributed by atoms with van der Waals surface area (Å²) in [6.07, 6.45) is 0.265. The van der Waals surface area contributed by atoms with E-state index in [0.29, 0.717) is 53.5 Å². The lowest BCUT2D eigenvalue weighted by Crippen LogP contribution is -2.39. The van der Waals surface area contributed by atoms with Crippen LogP contribution >= 0.6 is 0 Å². The fourth-order valence-electron chi connectivity index (χ4n) is 3.08. The summed E-state index contributed by atoms with van der Waals surface area (Å²) in [4.78, 5) is 35.7. The van der Waals surface area contributed by atoms with Crippen molar-refractivity contribution in [2.45, 2.75) is 19.8 Å². The smallest absolute Gasteiger partial charge is 0.330 e. The molecular weight excluding hydrogens is 340 g/mol. The molecule has 8 heteroatoms. The van der Waals surface area contributed by atoms with Gasteiger partial charge >= 0.3 is 11.7 Å². The zero-order valence-electron chi connectivity index (χ0n) is 14.9. The van der Waals surface area contributed by atoms with Crippen LogP contribution in [0.25, 0.3) is 11.1 Å². The third-order valence-corrected chi connectivity index (χ3v) is 4.60. The van der Waals surface area contributed by atoms with Crippen LogP contribution in [0.2, 0.25) is 0 Å². The third kappa shape index (κ3) is 2.87. The molecule has 0 fully saturated rings. The van der Waals surface area contributed by atoms with Gasteiger partial charge in [-0.2, -0.15) is 0 Å². The van der Waals surface area contributed by atoms with E-state index >= 15 is 0 Å². The summed E-state index contributed by atoms with van der Waals surface area (Å²) in [5.41, 5.74) is 1.31. The molecule has 2 heterocycles. The van der Waals surface area contributed by atoms with Gasteiger partial charge in [0, 0.05) is 31.8 Å². The number of carboxylic acid groups (broad SMARTS) is 1. The van der Waals surface area contributed by atoms with Gasteiger partial charge in [0.1, 0.15) is 13.2 Å². The summed E-state index contributed by atoms with van der Waals surface area (Å²) < 4.78 is 13.9. The van der Waals surface area contributed by atoms with Crippen molar-refractivity contribution in [2.75, 3.05) is 13.2 Å². The lowest BCUT2D eigenvalue weighted by atomic mass is 9.98.